The van der Waals surface area contributed by atoms with Gasteiger partial charge in [0, 0.05) is 18.3 Å². The zero-order valence-electron chi connectivity index (χ0n) is 10.7. The van der Waals surface area contributed by atoms with Crippen LogP contribution in [0.2, 0.25) is 0 Å². The van der Waals surface area contributed by atoms with E-state index in [1.165, 1.54) is 23.1 Å². The van der Waals surface area contributed by atoms with Gasteiger partial charge in [0.2, 0.25) is 0 Å². The monoisotopic (exact) mass is 277 g/mol. The fourth-order valence-corrected chi connectivity index (χ4v) is 1.78. The maximum Gasteiger partial charge on any atom is 0.338 e. The van der Waals surface area contributed by atoms with Crippen LogP contribution in [0.5, 0.6) is 0 Å². The molecule has 0 aliphatic heterocycles. The molecule has 0 fully saturated rings. The first-order valence-electron chi connectivity index (χ1n) is 5.92. The van der Waals surface area contributed by atoms with Crippen LogP contribution in [0, 0.1) is 5.82 Å². The summed E-state index contributed by atoms with van der Waals surface area (Å²) in [5, 5.41) is 8.79. The molecule has 1 amide bonds. The Balaban J connectivity index is 2.31. The molecule has 0 unspecified atom stereocenters. The molecule has 0 spiro atoms. The topological polar surface area (TPSA) is 70.8 Å². The number of rotatable bonds is 4. The van der Waals surface area contributed by atoms with Crippen LogP contribution < -0.4 is 4.90 Å². The van der Waals surface area contributed by atoms with Gasteiger partial charge in [0.25, 0.3) is 5.91 Å². The molecule has 2 aromatic rings. The number of furan rings is 1. The van der Waals surface area contributed by atoms with Crippen molar-refractivity contribution in [3.05, 3.63) is 53.7 Å². The number of hydrogen-bond acceptors (Lipinski definition) is 3. The summed E-state index contributed by atoms with van der Waals surface area (Å²) in [5.41, 5.74) is 0.273. The first-order valence-corrected chi connectivity index (χ1v) is 5.92. The summed E-state index contributed by atoms with van der Waals surface area (Å²) in [7, 11) is 0. The zero-order chi connectivity index (χ0) is 14.7. The van der Waals surface area contributed by atoms with E-state index >= 15 is 0 Å². The van der Waals surface area contributed by atoms with Gasteiger partial charge in [0.1, 0.15) is 12.1 Å². The molecule has 0 bridgehead atoms. The number of carboxylic acid groups (broad SMARTS) is 1. The minimum atomic E-state index is -1.18. The Bertz CT molecular complexity index is 650. The molecular formula is C14H12FNO4. The lowest BCUT2D eigenvalue weighted by Gasteiger charge is -2.19. The maximum absolute atomic E-state index is 13.2. The van der Waals surface area contributed by atoms with Crippen molar-refractivity contribution in [3.63, 3.8) is 0 Å². The number of carbonyl (C=O) groups is 2. The lowest BCUT2D eigenvalue weighted by Crippen LogP contribution is -2.30. The number of benzene rings is 1. The summed E-state index contributed by atoms with van der Waals surface area (Å²) in [6.45, 7) is 2.02. The highest BCUT2D eigenvalue weighted by atomic mass is 19.1. The van der Waals surface area contributed by atoms with Crippen molar-refractivity contribution < 1.29 is 23.5 Å². The van der Waals surface area contributed by atoms with Crippen LogP contribution in [0.3, 0.4) is 0 Å². The van der Waals surface area contributed by atoms with Crippen molar-refractivity contribution in [1.29, 1.82) is 0 Å². The summed E-state index contributed by atoms with van der Waals surface area (Å²) < 4.78 is 18.2. The van der Waals surface area contributed by atoms with Gasteiger partial charge in [-0.2, -0.15) is 0 Å². The van der Waals surface area contributed by atoms with Crippen LogP contribution in [-0.4, -0.2) is 23.5 Å². The molecule has 0 aliphatic rings. The second kappa shape index (κ2) is 5.56. The van der Waals surface area contributed by atoms with E-state index in [2.05, 4.69) is 0 Å². The van der Waals surface area contributed by atoms with E-state index in [0.717, 1.165) is 12.3 Å². The highest BCUT2D eigenvalue weighted by Crippen LogP contribution is 2.19. The van der Waals surface area contributed by atoms with Crippen LogP contribution in [0.4, 0.5) is 10.1 Å². The van der Waals surface area contributed by atoms with E-state index in [9.17, 15) is 14.0 Å². The standard InChI is InChI=1S/C14H12FNO4/c1-2-16(11-5-3-4-10(15)7-11)13(17)12-6-9(8-20-12)14(18)19/h3-8H,2H2,1H3,(H,18,19). The summed E-state index contributed by atoms with van der Waals surface area (Å²) in [6, 6.07) is 6.73. The second-order valence-electron chi connectivity index (χ2n) is 4.03. The predicted octanol–water partition coefficient (Wildman–Crippen LogP) is 2.78. The summed E-state index contributed by atoms with van der Waals surface area (Å²) in [6.07, 6.45) is 0.995. The molecule has 1 aromatic heterocycles. The van der Waals surface area contributed by atoms with Crippen LogP contribution in [0.25, 0.3) is 0 Å². The molecule has 104 valence electrons. The van der Waals surface area contributed by atoms with Gasteiger partial charge in [-0.25, -0.2) is 9.18 Å². The number of carbonyl (C=O) groups excluding carboxylic acids is 1. The normalized spacial score (nSPS) is 10.3. The van der Waals surface area contributed by atoms with Gasteiger partial charge in [-0.3, -0.25) is 4.79 Å². The van der Waals surface area contributed by atoms with Crippen LogP contribution >= 0.6 is 0 Å². The molecule has 0 saturated heterocycles. The maximum atomic E-state index is 13.2. The molecule has 1 aromatic carbocycles. The third-order valence-electron chi connectivity index (χ3n) is 2.74. The van der Waals surface area contributed by atoms with Gasteiger partial charge in [-0.15, -0.1) is 0 Å². The van der Waals surface area contributed by atoms with E-state index in [0.29, 0.717) is 12.2 Å². The lowest BCUT2D eigenvalue weighted by atomic mass is 10.2. The molecule has 1 N–H and O–H groups in total. The Kier molecular flexibility index (Phi) is 3.84. The molecule has 2 rings (SSSR count). The largest absolute Gasteiger partial charge is 0.478 e. The third-order valence-corrected chi connectivity index (χ3v) is 2.74. The van der Waals surface area contributed by atoms with Crippen LogP contribution in [-0.2, 0) is 0 Å². The van der Waals surface area contributed by atoms with E-state index in [4.69, 9.17) is 9.52 Å². The molecule has 0 radical (unpaired) electrons. The zero-order valence-corrected chi connectivity index (χ0v) is 10.7. The Morgan fingerprint density at radius 2 is 2.10 bits per heavy atom. The molecular weight excluding hydrogens is 265 g/mol. The Hall–Kier alpha value is -2.63. The van der Waals surface area contributed by atoms with Crippen molar-refractivity contribution in [2.75, 3.05) is 11.4 Å². The number of anilines is 1. The Morgan fingerprint density at radius 3 is 2.65 bits per heavy atom. The van der Waals surface area contributed by atoms with Crippen LogP contribution in [0.1, 0.15) is 27.8 Å². The number of halogens is 1. The van der Waals surface area contributed by atoms with Gasteiger partial charge in [-0.1, -0.05) is 6.07 Å². The number of amides is 1. The number of aromatic carboxylic acids is 1. The average Bonchev–Trinajstić information content (AvgIpc) is 2.89. The Morgan fingerprint density at radius 1 is 1.35 bits per heavy atom. The highest BCUT2D eigenvalue weighted by molar-refractivity contribution is 6.05. The first-order chi connectivity index (χ1) is 9.52. The minimum Gasteiger partial charge on any atom is -0.478 e. The molecule has 6 heteroatoms. The predicted molar refractivity (Wildman–Crippen MR) is 69.4 cm³/mol. The summed E-state index contributed by atoms with van der Waals surface area (Å²) in [5.74, 6) is -2.26. The quantitative estimate of drug-likeness (QED) is 0.932. The number of nitrogens with zero attached hydrogens (tertiary/aromatic N) is 1. The minimum absolute atomic E-state index is 0.103. The van der Waals surface area contributed by atoms with Crippen molar-refractivity contribution in [2.24, 2.45) is 0 Å². The van der Waals surface area contributed by atoms with Crippen molar-refractivity contribution in [3.8, 4) is 0 Å². The smallest absolute Gasteiger partial charge is 0.338 e. The average molecular weight is 277 g/mol. The van der Waals surface area contributed by atoms with Gasteiger partial charge in [0.05, 0.1) is 5.56 Å². The molecule has 5 nitrogen and oxygen atoms in total. The van der Waals surface area contributed by atoms with Crippen LogP contribution in [0.15, 0.2) is 41.0 Å². The molecule has 0 aliphatic carbocycles. The molecule has 1 heterocycles. The first kappa shape index (κ1) is 13.8. The fourth-order valence-electron chi connectivity index (χ4n) is 1.78. The second-order valence-corrected chi connectivity index (χ2v) is 4.03. The van der Waals surface area contributed by atoms with E-state index in [-0.39, 0.29) is 11.3 Å². The Labute approximate surface area is 114 Å². The van der Waals surface area contributed by atoms with Crippen molar-refractivity contribution in [1.82, 2.24) is 0 Å². The number of carboxylic acids is 1. The van der Waals surface area contributed by atoms with E-state index < -0.39 is 17.7 Å². The number of hydrogen-bond donors (Lipinski definition) is 1. The van der Waals surface area contributed by atoms with E-state index in [1.807, 2.05) is 0 Å². The van der Waals surface area contributed by atoms with Gasteiger partial charge < -0.3 is 14.4 Å². The fraction of sp³-hybridized carbons (Fsp3) is 0.143. The third kappa shape index (κ3) is 2.69. The van der Waals surface area contributed by atoms with Gasteiger partial charge in [-0.05, 0) is 25.1 Å². The van der Waals surface area contributed by atoms with Crippen molar-refractivity contribution in [2.45, 2.75) is 6.92 Å². The van der Waals surface area contributed by atoms with Crippen molar-refractivity contribution >= 4 is 17.6 Å². The summed E-state index contributed by atoms with van der Waals surface area (Å²) in [4.78, 5) is 24.3. The summed E-state index contributed by atoms with van der Waals surface area (Å²) >= 11 is 0. The lowest BCUT2D eigenvalue weighted by molar-refractivity contribution is 0.0696. The highest BCUT2D eigenvalue weighted by Gasteiger charge is 2.21. The molecule has 20 heavy (non-hydrogen) atoms. The van der Waals surface area contributed by atoms with Gasteiger partial charge in [0.15, 0.2) is 5.76 Å². The van der Waals surface area contributed by atoms with Gasteiger partial charge >= 0.3 is 5.97 Å². The molecule has 0 saturated carbocycles. The molecule has 0 atom stereocenters. The van der Waals surface area contributed by atoms with E-state index in [1.54, 1.807) is 13.0 Å². The SMILES string of the molecule is CCN(C(=O)c1cc(C(=O)O)co1)c1cccc(F)c1.